The van der Waals surface area contributed by atoms with Gasteiger partial charge in [0.1, 0.15) is 11.9 Å². The highest BCUT2D eigenvalue weighted by atomic mass is 16.5. The summed E-state index contributed by atoms with van der Waals surface area (Å²) in [5.41, 5.74) is 3.44. The second kappa shape index (κ2) is 10.2. The van der Waals surface area contributed by atoms with Gasteiger partial charge in [0.05, 0.1) is 0 Å². The lowest BCUT2D eigenvalue weighted by Crippen LogP contribution is -2.37. The number of hydrogen-bond donors (Lipinski definition) is 1. The molecule has 0 bridgehead atoms. The second-order valence-electron chi connectivity index (χ2n) is 8.14. The molecule has 2 atom stereocenters. The van der Waals surface area contributed by atoms with E-state index in [0.29, 0.717) is 13.0 Å². The molecule has 0 saturated carbocycles. The lowest BCUT2D eigenvalue weighted by Gasteiger charge is -2.24. The summed E-state index contributed by atoms with van der Waals surface area (Å²) in [6.45, 7) is 4.24. The Bertz CT molecular complexity index is 978. The van der Waals surface area contributed by atoms with Crippen LogP contribution in [0, 0.1) is 0 Å². The molecule has 2 unspecified atom stereocenters. The van der Waals surface area contributed by atoms with E-state index in [1.54, 1.807) is 6.20 Å². The fourth-order valence-electron chi connectivity index (χ4n) is 4.02. The minimum Gasteiger partial charge on any atom is -0.484 e. The Morgan fingerprint density at radius 3 is 2.74 bits per heavy atom. The van der Waals surface area contributed by atoms with E-state index in [-0.39, 0.29) is 18.1 Å². The van der Waals surface area contributed by atoms with Gasteiger partial charge in [-0.05, 0) is 36.6 Å². The smallest absolute Gasteiger partial charge is 0.221 e. The zero-order valence-corrected chi connectivity index (χ0v) is 17.9. The average Bonchev–Trinajstić information content (AvgIpc) is 2.98. The Labute approximate surface area is 184 Å². The van der Waals surface area contributed by atoms with Crippen LogP contribution in [-0.4, -0.2) is 34.9 Å². The normalized spacial score (nSPS) is 17.1. The van der Waals surface area contributed by atoms with Gasteiger partial charge < -0.3 is 10.1 Å². The van der Waals surface area contributed by atoms with Crippen LogP contribution in [0.15, 0.2) is 79.1 Å². The third-order valence-electron chi connectivity index (χ3n) is 5.56. The Morgan fingerprint density at radius 2 is 1.94 bits per heavy atom. The van der Waals surface area contributed by atoms with Gasteiger partial charge in [0.15, 0.2) is 0 Å². The number of pyridine rings is 1. The van der Waals surface area contributed by atoms with Crippen LogP contribution in [0.3, 0.4) is 0 Å². The van der Waals surface area contributed by atoms with Crippen molar-refractivity contribution in [1.29, 1.82) is 0 Å². The fourth-order valence-corrected chi connectivity index (χ4v) is 4.02. The minimum atomic E-state index is -0.0579. The quantitative estimate of drug-likeness (QED) is 0.630. The number of rotatable bonds is 7. The zero-order valence-electron chi connectivity index (χ0n) is 17.9. The number of aromatic nitrogens is 1. The van der Waals surface area contributed by atoms with Crippen molar-refractivity contribution in [1.82, 2.24) is 15.2 Å². The zero-order chi connectivity index (χ0) is 21.5. The van der Waals surface area contributed by atoms with Gasteiger partial charge in [-0.15, -0.1) is 0 Å². The highest BCUT2D eigenvalue weighted by Crippen LogP contribution is 2.31. The summed E-state index contributed by atoms with van der Waals surface area (Å²) in [4.78, 5) is 19.0. The molecule has 0 saturated heterocycles. The number of amides is 1. The van der Waals surface area contributed by atoms with Gasteiger partial charge in [-0.25, -0.2) is 0 Å². The molecular formula is C26H29N3O2. The van der Waals surface area contributed by atoms with E-state index in [4.69, 9.17) is 4.74 Å². The maximum Gasteiger partial charge on any atom is 0.221 e. The van der Waals surface area contributed by atoms with Gasteiger partial charge in [0.25, 0.3) is 0 Å². The van der Waals surface area contributed by atoms with E-state index in [2.05, 4.69) is 33.4 Å². The van der Waals surface area contributed by atoms with Crippen molar-refractivity contribution >= 4 is 5.91 Å². The van der Waals surface area contributed by atoms with Crippen molar-refractivity contribution < 1.29 is 9.53 Å². The molecule has 1 aliphatic heterocycles. The van der Waals surface area contributed by atoms with Gasteiger partial charge in [-0.1, -0.05) is 54.6 Å². The van der Waals surface area contributed by atoms with Crippen LogP contribution in [0.4, 0.5) is 0 Å². The molecule has 0 fully saturated rings. The molecule has 5 nitrogen and oxygen atoms in total. The molecule has 2 heterocycles. The van der Waals surface area contributed by atoms with E-state index < -0.39 is 0 Å². The van der Waals surface area contributed by atoms with E-state index in [0.717, 1.165) is 42.0 Å². The van der Waals surface area contributed by atoms with E-state index in [1.165, 1.54) is 0 Å². The molecule has 31 heavy (non-hydrogen) atoms. The van der Waals surface area contributed by atoms with E-state index in [1.807, 2.05) is 61.7 Å². The number of nitrogens with one attached hydrogen (secondary N) is 1. The van der Waals surface area contributed by atoms with E-state index >= 15 is 0 Å². The minimum absolute atomic E-state index is 0.0579. The van der Waals surface area contributed by atoms with Crippen LogP contribution in [0.1, 0.15) is 36.1 Å². The Kier molecular flexibility index (Phi) is 6.95. The van der Waals surface area contributed by atoms with Crippen LogP contribution in [0.2, 0.25) is 0 Å². The summed E-state index contributed by atoms with van der Waals surface area (Å²) in [7, 11) is 0. The van der Waals surface area contributed by atoms with Crippen LogP contribution in [0.25, 0.3) is 0 Å². The van der Waals surface area contributed by atoms with Gasteiger partial charge in [-0.2, -0.15) is 0 Å². The van der Waals surface area contributed by atoms with Crippen LogP contribution in [0.5, 0.6) is 5.75 Å². The molecule has 3 aromatic rings. The molecule has 1 N–H and O–H groups in total. The first-order chi connectivity index (χ1) is 15.2. The molecule has 1 amide bonds. The maximum absolute atomic E-state index is 12.6. The Morgan fingerprint density at radius 1 is 1.13 bits per heavy atom. The molecule has 4 rings (SSSR count). The largest absolute Gasteiger partial charge is 0.484 e. The van der Waals surface area contributed by atoms with Crippen molar-refractivity contribution in [2.45, 2.75) is 38.5 Å². The standard InChI is InChI=1S/C26H29N3O2/c1-20(16-21-8-7-14-27-17-21)28-26(30)13-15-29-18-23-11-5-6-12-24(23)31-25(19-29)22-9-3-2-4-10-22/h2-12,14,17,20,25H,13,15-16,18-19H2,1H3,(H,28,30). The highest BCUT2D eigenvalue weighted by molar-refractivity contribution is 5.76. The molecule has 1 aliphatic rings. The predicted octanol–water partition coefficient (Wildman–Crippen LogP) is 4.15. The van der Waals surface area contributed by atoms with Gasteiger partial charge in [-0.3, -0.25) is 14.7 Å². The first-order valence-corrected chi connectivity index (χ1v) is 10.9. The van der Waals surface area contributed by atoms with Crippen molar-refractivity contribution in [3.8, 4) is 5.75 Å². The summed E-state index contributed by atoms with van der Waals surface area (Å²) >= 11 is 0. The summed E-state index contributed by atoms with van der Waals surface area (Å²) in [6, 6.07) is 22.5. The Balaban J connectivity index is 1.37. The summed E-state index contributed by atoms with van der Waals surface area (Å²) in [5.74, 6) is 1.000. The van der Waals surface area contributed by atoms with Crippen molar-refractivity contribution in [3.05, 3.63) is 95.8 Å². The third kappa shape index (κ3) is 5.92. The third-order valence-corrected chi connectivity index (χ3v) is 5.56. The number of nitrogens with zero attached hydrogens (tertiary/aromatic N) is 2. The Hall–Kier alpha value is -3.18. The maximum atomic E-state index is 12.6. The number of carbonyl (C=O) groups is 1. The highest BCUT2D eigenvalue weighted by Gasteiger charge is 2.24. The number of hydrogen-bond acceptors (Lipinski definition) is 4. The lowest BCUT2D eigenvalue weighted by molar-refractivity contribution is -0.122. The second-order valence-corrected chi connectivity index (χ2v) is 8.14. The van der Waals surface area contributed by atoms with Crippen LogP contribution in [-0.2, 0) is 17.8 Å². The summed E-state index contributed by atoms with van der Waals surface area (Å²) in [6.07, 6.45) is 4.79. The number of benzene rings is 2. The predicted molar refractivity (Wildman–Crippen MR) is 122 cm³/mol. The molecule has 0 spiro atoms. The fraction of sp³-hybridized carbons (Fsp3) is 0.308. The summed E-state index contributed by atoms with van der Waals surface area (Å²) < 4.78 is 6.36. The molecule has 2 aromatic carbocycles. The number of carbonyl (C=O) groups excluding carboxylic acids is 1. The first-order valence-electron chi connectivity index (χ1n) is 10.9. The molecular weight excluding hydrogens is 386 g/mol. The molecule has 0 radical (unpaired) electrons. The number of ether oxygens (including phenoxy) is 1. The molecule has 160 valence electrons. The summed E-state index contributed by atoms with van der Waals surface area (Å²) in [5, 5.41) is 3.12. The molecule has 5 heteroatoms. The van der Waals surface area contributed by atoms with Crippen LogP contribution >= 0.6 is 0 Å². The van der Waals surface area contributed by atoms with E-state index in [9.17, 15) is 4.79 Å². The topological polar surface area (TPSA) is 54.5 Å². The molecule has 1 aromatic heterocycles. The SMILES string of the molecule is CC(Cc1cccnc1)NC(=O)CCN1Cc2ccccc2OC(c2ccccc2)C1. The van der Waals surface area contributed by atoms with Crippen LogP contribution < -0.4 is 10.1 Å². The van der Waals surface area contributed by atoms with Crippen molar-refractivity contribution in [3.63, 3.8) is 0 Å². The monoisotopic (exact) mass is 415 g/mol. The number of para-hydroxylation sites is 1. The molecule has 0 aliphatic carbocycles. The first kappa shape index (κ1) is 21.1. The lowest BCUT2D eigenvalue weighted by atomic mass is 10.1. The number of fused-ring (bicyclic) bond motifs is 1. The van der Waals surface area contributed by atoms with Crippen molar-refractivity contribution in [2.24, 2.45) is 0 Å². The van der Waals surface area contributed by atoms with Crippen molar-refractivity contribution in [2.75, 3.05) is 13.1 Å². The van der Waals surface area contributed by atoms with Gasteiger partial charge in [0.2, 0.25) is 5.91 Å². The average molecular weight is 416 g/mol. The van der Waals surface area contributed by atoms with Gasteiger partial charge in [0, 0.05) is 50.1 Å². The van der Waals surface area contributed by atoms with Gasteiger partial charge >= 0.3 is 0 Å².